The Morgan fingerprint density at radius 2 is 1.96 bits per heavy atom. The monoisotopic (exact) mass is 386 g/mol. The van der Waals surface area contributed by atoms with E-state index in [1.807, 2.05) is 26.0 Å². The number of hydrogen-bond acceptors (Lipinski definition) is 5. The van der Waals surface area contributed by atoms with Crippen molar-refractivity contribution in [1.82, 2.24) is 9.88 Å². The minimum Gasteiger partial charge on any atom is -0.496 e. The lowest BCUT2D eigenvalue weighted by Crippen LogP contribution is -2.38. The summed E-state index contributed by atoms with van der Waals surface area (Å²) < 4.78 is 11.3. The van der Waals surface area contributed by atoms with Crippen LogP contribution < -0.4 is 4.74 Å². The van der Waals surface area contributed by atoms with Crippen molar-refractivity contribution in [2.45, 2.75) is 59.6 Å². The lowest BCUT2D eigenvalue weighted by atomic mass is 9.87. The minimum atomic E-state index is -0.166. The summed E-state index contributed by atoms with van der Waals surface area (Å²) in [6.07, 6.45) is 2.84. The van der Waals surface area contributed by atoms with E-state index in [4.69, 9.17) is 14.1 Å². The van der Waals surface area contributed by atoms with Crippen molar-refractivity contribution in [2.24, 2.45) is 11.8 Å². The van der Waals surface area contributed by atoms with Gasteiger partial charge in [-0.25, -0.2) is 4.98 Å². The van der Waals surface area contributed by atoms with Gasteiger partial charge in [0.15, 0.2) is 0 Å². The number of benzene rings is 1. The fraction of sp³-hybridized carbons (Fsp3) is 0.609. The number of ether oxygens (including phenoxy) is 1. The van der Waals surface area contributed by atoms with Gasteiger partial charge >= 0.3 is 0 Å². The second-order valence-corrected chi connectivity index (χ2v) is 8.52. The third kappa shape index (κ3) is 4.95. The van der Waals surface area contributed by atoms with Gasteiger partial charge in [0.2, 0.25) is 5.89 Å². The molecule has 1 unspecified atom stereocenters. The summed E-state index contributed by atoms with van der Waals surface area (Å²) in [6, 6.07) is 6.00. The van der Waals surface area contributed by atoms with E-state index in [0.29, 0.717) is 17.7 Å². The number of likely N-dealkylation sites (tertiary alicyclic amines) is 1. The molecule has 154 valence electrons. The van der Waals surface area contributed by atoms with Crippen LogP contribution in [0, 0.1) is 25.7 Å². The van der Waals surface area contributed by atoms with E-state index < -0.39 is 0 Å². The summed E-state index contributed by atoms with van der Waals surface area (Å²) in [5, 5.41) is 10.4. The zero-order chi connectivity index (χ0) is 20.3. The summed E-state index contributed by atoms with van der Waals surface area (Å²) >= 11 is 0. The van der Waals surface area contributed by atoms with Crippen molar-refractivity contribution in [3.05, 3.63) is 35.2 Å². The standard InChI is InChI=1S/C23H34N2O3/c1-15(2)12-21(26)18-8-10-25(11-9-18)14-20-17(4)28-23(24-20)19-6-7-22(27-5)16(3)13-19/h6-7,13,15,18,21,26H,8-12,14H2,1-5H3. The molecule has 1 atom stereocenters. The highest BCUT2D eigenvalue weighted by atomic mass is 16.5. The van der Waals surface area contributed by atoms with Crippen LogP contribution in [0.5, 0.6) is 5.75 Å². The van der Waals surface area contributed by atoms with Crippen LogP contribution in [0.3, 0.4) is 0 Å². The zero-order valence-corrected chi connectivity index (χ0v) is 17.9. The maximum absolute atomic E-state index is 10.4. The van der Waals surface area contributed by atoms with Gasteiger partial charge in [-0.15, -0.1) is 0 Å². The smallest absolute Gasteiger partial charge is 0.226 e. The number of hydrogen-bond donors (Lipinski definition) is 1. The van der Waals surface area contributed by atoms with E-state index in [-0.39, 0.29) is 6.10 Å². The van der Waals surface area contributed by atoms with Gasteiger partial charge < -0.3 is 14.3 Å². The highest BCUT2D eigenvalue weighted by Gasteiger charge is 2.26. The summed E-state index contributed by atoms with van der Waals surface area (Å²) in [7, 11) is 1.68. The van der Waals surface area contributed by atoms with Crippen molar-refractivity contribution in [2.75, 3.05) is 20.2 Å². The van der Waals surface area contributed by atoms with E-state index in [1.165, 1.54) is 0 Å². The first kappa shape index (κ1) is 20.9. The molecule has 2 aromatic rings. The largest absolute Gasteiger partial charge is 0.496 e. The van der Waals surface area contributed by atoms with Gasteiger partial charge in [0.05, 0.1) is 18.9 Å². The molecule has 1 aliphatic rings. The van der Waals surface area contributed by atoms with Gasteiger partial charge in [-0.05, 0) is 81.8 Å². The molecule has 28 heavy (non-hydrogen) atoms. The molecule has 2 heterocycles. The molecule has 0 amide bonds. The van der Waals surface area contributed by atoms with Crippen LogP contribution in [-0.4, -0.2) is 41.3 Å². The van der Waals surface area contributed by atoms with E-state index >= 15 is 0 Å². The van der Waals surface area contributed by atoms with Crippen molar-refractivity contribution < 1.29 is 14.3 Å². The van der Waals surface area contributed by atoms with Crippen molar-refractivity contribution >= 4 is 0 Å². The summed E-state index contributed by atoms with van der Waals surface area (Å²) in [5.41, 5.74) is 3.05. The SMILES string of the molecule is COc1ccc(-c2nc(CN3CCC(C(O)CC(C)C)CC3)c(C)o2)cc1C. The lowest BCUT2D eigenvalue weighted by molar-refractivity contribution is 0.0433. The average molecular weight is 387 g/mol. The Labute approximate surface area is 168 Å². The first-order chi connectivity index (χ1) is 13.4. The van der Waals surface area contributed by atoms with Crippen LogP contribution in [0.4, 0.5) is 0 Å². The molecular formula is C23H34N2O3. The number of oxazole rings is 1. The minimum absolute atomic E-state index is 0.166. The average Bonchev–Trinajstić information content (AvgIpc) is 3.02. The molecule has 0 radical (unpaired) electrons. The fourth-order valence-electron chi connectivity index (χ4n) is 4.09. The second kappa shape index (κ2) is 9.10. The van der Waals surface area contributed by atoms with E-state index in [9.17, 15) is 5.11 Å². The molecule has 5 nitrogen and oxygen atoms in total. The second-order valence-electron chi connectivity index (χ2n) is 8.52. The Kier molecular flexibility index (Phi) is 6.78. The number of rotatable bonds is 7. The molecule has 0 spiro atoms. The predicted octanol–water partition coefficient (Wildman–Crippen LogP) is 4.59. The van der Waals surface area contributed by atoms with Gasteiger partial charge in [0, 0.05) is 12.1 Å². The van der Waals surface area contributed by atoms with Gasteiger partial charge in [-0.1, -0.05) is 13.8 Å². The van der Waals surface area contributed by atoms with Crippen LogP contribution in [0.2, 0.25) is 0 Å². The number of aliphatic hydroxyl groups is 1. The molecule has 5 heteroatoms. The molecule has 1 aromatic carbocycles. The predicted molar refractivity (Wildman–Crippen MR) is 111 cm³/mol. The zero-order valence-electron chi connectivity index (χ0n) is 17.9. The van der Waals surface area contributed by atoms with Crippen molar-refractivity contribution in [1.29, 1.82) is 0 Å². The molecule has 1 saturated heterocycles. The van der Waals surface area contributed by atoms with Gasteiger partial charge in [0.1, 0.15) is 11.5 Å². The molecule has 0 aliphatic carbocycles. The Balaban J connectivity index is 1.61. The number of nitrogens with zero attached hydrogens (tertiary/aromatic N) is 2. The Hall–Kier alpha value is -1.85. The summed E-state index contributed by atoms with van der Waals surface area (Å²) in [5.74, 6) is 3.39. The first-order valence-corrected chi connectivity index (χ1v) is 10.4. The Morgan fingerprint density at radius 3 is 2.57 bits per heavy atom. The lowest BCUT2D eigenvalue weighted by Gasteiger charge is -2.34. The molecule has 1 fully saturated rings. The van der Waals surface area contributed by atoms with E-state index in [2.05, 4.69) is 24.8 Å². The van der Waals surface area contributed by atoms with E-state index in [1.54, 1.807) is 7.11 Å². The third-order valence-electron chi connectivity index (χ3n) is 5.80. The number of aryl methyl sites for hydroxylation is 2. The molecule has 0 saturated carbocycles. The number of methoxy groups -OCH3 is 1. The Bertz CT molecular complexity index is 776. The van der Waals surface area contributed by atoms with Gasteiger partial charge in [-0.3, -0.25) is 4.90 Å². The Morgan fingerprint density at radius 1 is 1.25 bits per heavy atom. The maximum Gasteiger partial charge on any atom is 0.226 e. The molecule has 3 rings (SSSR count). The van der Waals surface area contributed by atoms with Crippen molar-refractivity contribution in [3.63, 3.8) is 0 Å². The van der Waals surface area contributed by atoms with Crippen LogP contribution in [-0.2, 0) is 6.54 Å². The highest BCUT2D eigenvalue weighted by molar-refractivity contribution is 5.57. The third-order valence-corrected chi connectivity index (χ3v) is 5.80. The van der Waals surface area contributed by atoms with Crippen LogP contribution in [0.1, 0.15) is 50.1 Å². The number of piperidine rings is 1. The van der Waals surface area contributed by atoms with Crippen LogP contribution in [0.25, 0.3) is 11.5 Å². The first-order valence-electron chi connectivity index (χ1n) is 10.4. The normalized spacial score (nSPS) is 17.2. The van der Waals surface area contributed by atoms with Crippen LogP contribution >= 0.6 is 0 Å². The maximum atomic E-state index is 10.4. The van der Waals surface area contributed by atoms with Gasteiger partial charge in [-0.2, -0.15) is 0 Å². The number of aromatic nitrogens is 1. The summed E-state index contributed by atoms with van der Waals surface area (Å²) in [6.45, 7) is 11.2. The van der Waals surface area contributed by atoms with E-state index in [0.717, 1.165) is 67.2 Å². The summed E-state index contributed by atoms with van der Waals surface area (Å²) in [4.78, 5) is 7.19. The topological polar surface area (TPSA) is 58.7 Å². The van der Waals surface area contributed by atoms with Crippen molar-refractivity contribution in [3.8, 4) is 17.2 Å². The molecule has 1 N–H and O–H groups in total. The molecular weight excluding hydrogens is 352 g/mol. The highest BCUT2D eigenvalue weighted by Crippen LogP contribution is 2.29. The van der Waals surface area contributed by atoms with Gasteiger partial charge in [0.25, 0.3) is 0 Å². The fourth-order valence-corrected chi connectivity index (χ4v) is 4.09. The quantitative estimate of drug-likeness (QED) is 0.754. The van der Waals surface area contributed by atoms with Crippen LogP contribution in [0.15, 0.2) is 22.6 Å². The molecule has 1 aliphatic heterocycles. The molecule has 0 bridgehead atoms. The number of aliphatic hydroxyl groups excluding tert-OH is 1. The molecule has 1 aromatic heterocycles.